The van der Waals surface area contributed by atoms with E-state index < -0.39 is 12.0 Å². The molecule has 5 heteroatoms. The number of carboxylic acids is 1. The molecule has 0 saturated carbocycles. The van der Waals surface area contributed by atoms with E-state index in [1.807, 2.05) is 46.0 Å². The van der Waals surface area contributed by atoms with Gasteiger partial charge in [0.05, 0.1) is 5.52 Å². The monoisotopic (exact) mass is 340 g/mol. The van der Waals surface area contributed by atoms with E-state index in [1.165, 1.54) is 0 Å². The average molecular weight is 341 g/mol. The molecule has 0 radical (unpaired) electrons. The van der Waals surface area contributed by atoms with Gasteiger partial charge in [0.1, 0.15) is 6.04 Å². The molecule has 0 spiro atoms. The first-order chi connectivity index (χ1) is 9.43. The van der Waals surface area contributed by atoms with Crippen LogP contribution in [0, 0.1) is 6.92 Å². The van der Waals surface area contributed by atoms with Crippen molar-refractivity contribution in [2.24, 2.45) is 12.8 Å². The first-order valence-corrected chi connectivity index (χ1v) is 7.43. The van der Waals surface area contributed by atoms with Crippen molar-refractivity contribution in [3.63, 3.8) is 0 Å². The van der Waals surface area contributed by atoms with Gasteiger partial charge in [-0.3, -0.25) is 4.79 Å². The van der Waals surface area contributed by atoms with Crippen molar-refractivity contribution in [1.82, 2.24) is 4.57 Å². The second-order valence-corrected chi connectivity index (χ2v) is 5.26. The Morgan fingerprint density at radius 3 is 2.60 bits per heavy atom. The van der Waals surface area contributed by atoms with E-state index in [9.17, 15) is 4.79 Å². The summed E-state index contributed by atoms with van der Waals surface area (Å²) in [5, 5.41) is 9.98. The number of aryl methyl sites for hydroxylation is 1. The van der Waals surface area contributed by atoms with Crippen LogP contribution in [0.25, 0.3) is 10.9 Å². The summed E-state index contributed by atoms with van der Waals surface area (Å²) >= 11 is 3.52. The number of nitrogens with zero attached hydrogens (tertiary/aromatic N) is 1. The lowest BCUT2D eigenvalue weighted by atomic mass is 10.0. The second kappa shape index (κ2) is 6.90. The third-order valence-electron chi connectivity index (χ3n) is 3.33. The highest BCUT2D eigenvalue weighted by Gasteiger charge is 2.19. The van der Waals surface area contributed by atoms with Crippen molar-refractivity contribution in [2.45, 2.75) is 33.2 Å². The molecular formula is C15H21BrN2O2. The molecular weight excluding hydrogens is 320 g/mol. The zero-order valence-electron chi connectivity index (χ0n) is 12.3. The minimum absolute atomic E-state index is 0.342. The van der Waals surface area contributed by atoms with Crippen molar-refractivity contribution in [1.29, 1.82) is 0 Å². The Kier molecular flexibility index (Phi) is 5.77. The molecule has 110 valence electrons. The van der Waals surface area contributed by atoms with Crippen molar-refractivity contribution in [3.05, 3.63) is 33.9 Å². The normalized spacial score (nSPS) is 11.9. The van der Waals surface area contributed by atoms with E-state index >= 15 is 0 Å². The molecule has 0 aliphatic rings. The zero-order chi connectivity index (χ0) is 15.4. The quantitative estimate of drug-likeness (QED) is 0.901. The van der Waals surface area contributed by atoms with E-state index in [2.05, 4.69) is 20.5 Å². The summed E-state index contributed by atoms with van der Waals surface area (Å²) in [6.07, 6.45) is 0.342. The molecule has 1 unspecified atom stereocenters. The van der Waals surface area contributed by atoms with Crippen molar-refractivity contribution in [3.8, 4) is 0 Å². The van der Waals surface area contributed by atoms with E-state index in [0.29, 0.717) is 6.42 Å². The highest BCUT2D eigenvalue weighted by atomic mass is 79.9. The van der Waals surface area contributed by atoms with Gasteiger partial charge in [0.15, 0.2) is 0 Å². The molecule has 1 heterocycles. The Labute approximate surface area is 127 Å². The van der Waals surface area contributed by atoms with Crippen LogP contribution in [-0.4, -0.2) is 21.7 Å². The highest BCUT2D eigenvalue weighted by Crippen LogP contribution is 2.31. The summed E-state index contributed by atoms with van der Waals surface area (Å²) < 4.78 is 3.06. The van der Waals surface area contributed by atoms with Crippen molar-refractivity contribution < 1.29 is 9.90 Å². The summed E-state index contributed by atoms with van der Waals surface area (Å²) in [5.41, 5.74) is 8.76. The summed E-state index contributed by atoms with van der Waals surface area (Å²) in [7, 11) is 1.97. The fourth-order valence-corrected chi connectivity index (χ4v) is 2.86. The van der Waals surface area contributed by atoms with Crippen LogP contribution in [0.5, 0.6) is 0 Å². The van der Waals surface area contributed by atoms with Gasteiger partial charge in [0.25, 0.3) is 0 Å². The minimum Gasteiger partial charge on any atom is -0.480 e. The third kappa shape index (κ3) is 3.04. The van der Waals surface area contributed by atoms with Crippen molar-refractivity contribution in [2.75, 3.05) is 0 Å². The van der Waals surface area contributed by atoms with Crippen LogP contribution in [0.15, 0.2) is 22.7 Å². The number of benzene rings is 1. The smallest absolute Gasteiger partial charge is 0.320 e. The Morgan fingerprint density at radius 2 is 2.05 bits per heavy atom. The van der Waals surface area contributed by atoms with Crippen LogP contribution in [0.2, 0.25) is 0 Å². The number of halogens is 1. The SMILES string of the molecule is CC.Cc1c(CC(N)C(=O)O)c2cccc(Br)c2n1C. The largest absolute Gasteiger partial charge is 0.480 e. The number of fused-ring (bicyclic) bond motifs is 1. The molecule has 2 aromatic rings. The maximum Gasteiger partial charge on any atom is 0.320 e. The molecule has 0 amide bonds. The number of carbonyl (C=O) groups is 1. The Bertz CT molecular complexity index is 620. The third-order valence-corrected chi connectivity index (χ3v) is 3.97. The van der Waals surface area contributed by atoms with Gasteiger partial charge < -0.3 is 15.4 Å². The second-order valence-electron chi connectivity index (χ2n) is 4.41. The molecule has 0 aliphatic heterocycles. The van der Waals surface area contributed by atoms with Crippen LogP contribution < -0.4 is 5.73 Å². The lowest BCUT2D eigenvalue weighted by molar-refractivity contribution is -0.138. The predicted molar refractivity (Wildman–Crippen MR) is 86.0 cm³/mol. The predicted octanol–water partition coefficient (Wildman–Crippen LogP) is 3.23. The number of aromatic nitrogens is 1. The number of aliphatic carboxylic acids is 1. The molecule has 1 aromatic heterocycles. The van der Waals surface area contributed by atoms with Gasteiger partial charge >= 0.3 is 5.97 Å². The Hall–Kier alpha value is -1.33. The highest BCUT2D eigenvalue weighted by molar-refractivity contribution is 9.10. The Balaban J connectivity index is 0.000000956. The lowest BCUT2D eigenvalue weighted by Gasteiger charge is -2.06. The van der Waals surface area contributed by atoms with Crippen LogP contribution in [-0.2, 0) is 18.3 Å². The van der Waals surface area contributed by atoms with E-state index in [4.69, 9.17) is 10.8 Å². The molecule has 3 N–H and O–H groups in total. The van der Waals surface area contributed by atoms with Gasteiger partial charge in [0.2, 0.25) is 0 Å². The molecule has 4 nitrogen and oxygen atoms in total. The number of rotatable bonds is 3. The zero-order valence-corrected chi connectivity index (χ0v) is 13.9. The fourth-order valence-electron chi connectivity index (χ4n) is 2.23. The van der Waals surface area contributed by atoms with Gasteiger partial charge in [-0.05, 0) is 34.5 Å². The molecule has 0 fully saturated rings. The Morgan fingerprint density at radius 1 is 1.45 bits per heavy atom. The van der Waals surface area contributed by atoms with Crippen LogP contribution >= 0.6 is 15.9 Å². The van der Waals surface area contributed by atoms with Crippen LogP contribution in [0.4, 0.5) is 0 Å². The van der Waals surface area contributed by atoms with E-state index in [-0.39, 0.29) is 0 Å². The van der Waals surface area contributed by atoms with Gasteiger partial charge in [-0.25, -0.2) is 0 Å². The van der Waals surface area contributed by atoms with Crippen molar-refractivity contribution >= 4 is 32.8 Å². The first kappa shape index (κ1) is 16.7. The number of carboxylic acid groups (broad SMARTS) is 1. The average Bonchev–Trinajstić information content (AvgIpc) is 2.67. The van der Waals surface area contributed by atoms with Gasteiger partial charge in [-0.15, -0.1) is 0 Å². The topological polar surface area (TPSA) is 68.2 Å². The summed E-state index contributed by atoms with van der Waals surface area (Å²) in [6.45, 7) is 5.98. The molecule has 0 aliphatic carbocycles. The van der Waals surface area contributed by atoms with Crippen LogP contribution in [0.3, 0.4) is 0 Å². The van der Waals surface area contributed by atoms with Gasteiger partial charge in [-0.2, -0.15) is 0 Å². The maximum atomic E-state index is 10.9. The summed E-state index contributed by atoms with van der Waals surface area (Å²) in [4.78, 5) is 10.9. The number of hydrogen-bond acceptors (Lipinski definition) is 2. The first-order valence-electron chi connectivity index (χ1n) is 6.64. The molecule has 2 rings (SSSR count). The number of nitrogens with two attached hydrogens (primary N) is 1. The van der Waals surface area contributed by atoms with E-state index in [0.717, 1.165) is 26.6 Å². The molecule has 0 bridgehead atoms. The number of para-hydroxylation sites is 1. The summed E-state index contributed by atoms with van der Waals surface area (Å²) in [5.74, 6) is -0.971. The minimum atomic E-state index is -0.971. The molecule has 1 atom stereocenters. The molecule has 20 heavy (non-hydrogen) atoms. The maximum absolute atomic E-state index is 10.9. The fraction of sp³-hybridized carbons (Fsp3) is 0.400. The van der Waals surface area contributed by atoms with E-state index in [1.54, 1.807) is 0 Å². The number of hydrogen-bond donors (Lipinski definition) is 2. The van der Waals surface area contributed by atoms with Crippen LogP contribution in [0.1, 0.15) is 25.1 Å². The summed E-state index contributed by atoms with van der Waals surface area (Å²) in [6, 6.07) is 5.05. The van der Waals surface area contributed by atoms with Gasteiger partial charge in [-0.1, -0.05) is 26.0 Å². The molecule has 0 saturated heterocycles. The molecule has 1 aromatic carbocycles. The standard InChI is InChI=1S/C13H15BrN2O2.C2H6/c1-7-9(6-11(15)13(17)18)8-4-3-5-10(14)12(8)16(7)2;1-2/h3-5,11H,6,15H2,1-2H3,(H,17,18);1-2H3. The van der Waals surface area contributed by atoms with Gasteiger partial charge in [0, 0.05) is 29.0 Å². The lowest BCUT2D eigenvalue weighted by Crippen LogP contribution is -2.32.